The van der Waals surface area contributed by atoms with Crippen LogP contribution < -0.4 is 4.87 Å². The number of nitrogens with zero attached hydrogens (tertiary/aromatic N) is 1. The van der Waals surface area contributed by atoms with Crippen molar-refractivity contribution in [1.82, 2.24) is 4.57 Å². The lowest BCUT2D eigenvalue weighted by molar-refractivity contribution is 0.483. The highest BCUT2D eigenvalue weighted by molar-refractivity contribution is 7.85. The van der Waals surface area contributed by atoms with Crippen molar-refractivity contribution in [2.24, 2.45) is 0 Å². The lowest BCUT2D eigenvalue weighted by Gasteiger charge is -1.99. The van der Waals surface area contributed by atoms with Crippen LogP contribution in [0.5, 0.6) is 0 Å². The van der Waals surface area contributed by atoms with Crippen LogP contribution in [0.15, 0.2) is 27.9 Å². The summed E-state index contributed by atoms with van der Waals surface area (Å²) in [4.78, 5) is 11.2. The van der Waals surface area contributed by atoms with Crippen molar-refractivity contribution >= 4 is 31.7 Å². The third-order valence-electron chi connectivity index (χ3n) is 2.25. The Morgan fingerprint density at radius 1 is 1.44 bits per heavy atom. The van der Waals surface area contributed by atoms with Gasteiger partial charge in [-0.05, 0) is 25.1 Å². The molecule has 0 bridgehead atoms. The topological polar surface area (TPSA) is 76.4 Å². The molecule has 7 heteroatoms. The van der Waals surface area contributed by atoms with Gasteiger partial charge in [-0.2, -0.15) is 8.42 Å². The smallest absolute Gasteiger partial charge is 0.299 e. The molecule has 0 amide bonds. The fourth-order valence-corrected chi connectivity index (χ4v) is 3.08. The molecule has 1 heterocycles. The largest absolute Gasteiger partial charge is 0.308 e. The molecule has 0 fully saturated rings. The molecule has 0 atom stereocenters. The number of benzene rings is 1. The molecule has 1 aromatic heterocycles. The Kier molecular flexibility index (Phi) is 2.61. The molecule has 0 aliphatic rings. The first-order chi connectivity index (χ1) is 7.43. The van der Waals surface area contributed by atoms with Crippen LogP contribution in [0.25, 0.3) is 10.2 Å². The van der Waals surface area contributed by atoms with E-state index in [-0.39, 0.29) is 9.77 Å². The summed E-state index contributed by atoms with van der Waals surface area (Å²) in [6.45, 7) is 2.37. The van der Waals surface area contributed by atoms with Crippen LogP contribution in [-0.4, -0.2) is 17.5 Å². The summed E-state index contributed by atoms with van der Waals surface area (Å²) >= 11 is 0.965. The summed E-state index contributed by atoms with van der Waals surface area (Å²) in [6, 6.07) is 4.12. The molecule has 0 spiro atoms. The average Bonchev–Trinajstić information content (AvgIpc) is 2.50. The molecule has 86 valence electrons. The van der Waals surface area contributed by atoms with Crippen LogP contribution in [0, 0.1) is 0 Å². The number of fused-ring (bicyclic) bond motifs is 1. The molecule has 0 radical (unpaired) electrons. The molecule has 1 N–H and O–H groups in total. The van der Waals surface area contributed by atoms with E-state index in [0.29, 0.717) is 16.8 Å². The van der Waals surface area contributed by atoms with Gasteiger partial charge in [0.05, 0.1) is 15.1 Å². The minimum atomic E-state index is -4.21. The van der Waals surface area contributed by atoms with Crippen LogP contribution in [0.1, 0.15) is 6.92 Å². The molecule has 2 rings (SSSR count). The highest BCUT2D eigenvalue weighted by Gasteiger charge is 2.13. The Balaban J connectivity index is 2.80. The predicted octanol–water partition coefficient (Wildman–Crippen LogP) is 1.33. The zero-order valence-corrected chi connectivity index (χ0v) is 10.0. The zero-order chi connectivity index (χ0) is 11.9. The van der Waals surface area contributed by atoms with Crippen molar-refractivity contribution in [1.29, 1.82) is 0 Å². The van der Waals surface area contributed by atoms with Gasteiger partial charge in [0.1, 0.15) is 0 Å². The summed E-state index contributed by atoms with van der Waals surface area (Å²) in [5.74, 6) is 0. The number of aromatic nitrogens is 1. The van der Waals surface area contributed by atoms with Gasteiger partial charge in [0.15, 0.2) is 0 Å². The van der Waals surface area contributed by atoms with Crippen LogP contribution in [0.2, 0.25) is 0 Å². The van der Waals surface area contributed by atoms with E-state index in [1.807, 2.05) is 6.92 Å². The number of hydrogen-bond donors (Lipinski definition) is 1. The fourth-order valence-electron chi connectivity index (χ4n) is 1.51. The van der Waals surface area contributed by atoms with Gasteiger partial charge in [-0.15, -0.1) is 0 Å². The van der Waals surface area contributed by atoms with Gasteiger partial charge in [-0.1, -0.05) is 11.3 Å². The minimum absolute atomic E-state index is 0.134. The Bertz CT molecular complexity index is 696. The van der Waals surface area contributed by atoms with E-state index in [4.69, 9.17) is 4.55 Å². The fraction of sp³-hybridized carbons (Fsp3) is 0.222. The van der Waals surface area contributed by atoms with E-state index in [9.17, 15) is 13.2 Å². The second-order valence-corrected chi connectivity index (χ2v) is 5.63. The van der Waals surface area contributed by atoms with Gasteiger partial charge in [0.2, 0.25) is 0 Å². The van der Waals surface area contributed by atoms with E-state index in [2.05, 4.69) is 0 Å². The normalized spacial score (nSPS) is 12.1. The predicted molar refractivity (Wildman–Crippen MR) is 61.6 cm³/mol. The van der Waals surface area contributed by atoms with E-state index in [1.165, 1.54) is 18.2 Å². The molecular weight excluding hydrogens is 250 g/mol. The first-order valence-corrected chi connectivity index (χ1v) is 6.80. The molecule has 0 aliphatic heterocycles. The molecule has 16 heavy (non-hydrogen) atoms. The maximum Gasteiger partial charge on any atom is 0.308 e. The van der Waals surface area contributed by atoms with Crippen molar-refractivity contribution in [3.63, 3.8) is 0 Å². The maximum atomic E-state index is 11.5. The van der Waals surface area contributed by atoms with Crippen LogP contribution in [0.4, 0.5) is 0 Å². The van der Waals surface area contributed by atoms with E-state index < -0.39 is 10.1 Å². The molecule has 5 nitrogen and oxygen atoms in total. The summed E-state index contributed by atoms with van der Waals surface area (Å²) in [5.41, 5.74) is 0.685. The summed E-state index contributed by atoms with van der Waals surface area (Å²) in [7, 11) is -4.21. The van der Waals surface area contributed by atoms with Crippen molar-refractivity contribution in [3.8, 4) is 0 Å². The average molecular weight is 259 g/mol. The van der Waals surface area contributed by atoms with Crippen LogP contribution in [-0.2, 0) is 16.7 Å². The lowest BCUT2D eigenvalue weighted by atomic mass is 10.3. The Morgan fingerprint density at radius 2 is 2.12 bits per heavy atom. The maximum absolute atomic E-state index is 11.5. The number of rotatable bonds is 2. The van der Waals surface area contributed by atoms with Crippen molar-refractivity contribution < 1.29 is 13.0 Å². The van der Waals surface area contributed by atoms with E-state index in [0.717, 1.165) is 11.3 Å². The lowest BCUT2D eigenvalue weighted by Crippen LogP contribution is -2.10. The summed E-state index contributed by atoms with van der Waals surface area (Å²) < 4.78 is 32.8. The molecule has 0 unspecified atom stereocenters. The van der Waals surface area contributed by atoms with Gasteiger partial charge in [-0.3, -0.25) is 13.9 Å². The second-order valence-electron chi connectivity index (χ2n) is 3.22. The van der Waals surface area contributed by atoms with Crippen molar-refractivity contribution in [2.75, 3.05) is 0 Å². The molecule has 0 aliphatic carbocycles. The van der Waals surface area contributed by atoms with Gasteiger partial charge < -0.3 is 0 Å². The molecule has 0 saturated carbocycles. The minimum Gasteiger partial charge on any atom is -0.299 e. The van der Waals surface area contributed by atoms with Crippen LogP contribution >= 0.6 is 11.3 Å². The Morgan fingerprint density at radius 3 is 2.69 bits per heavy atom. The second kappa shape index (κ2) is 3.69. The highest BCUT2D eigenvalue weighted by Crippen LogP contribution is 2.21. The van der Waals surface area contributed by atoms with Gasteiger partial charge >= 0.3 is 4.87 Å². The summed E-state index contributed by atoms with van der Waals surface area (Å²) in [5, 5.41) is 0. The third kappa shape index (κ3) is 1.77. The number of hydrogen-bond acceptors (Lipinski definition) is 4. The molecule has 2 aromatic rings. The number of thiazole rings is 1. The number of aryl methyl sites for hydroxylation is 1. The van der Waals surface area contributed by atoms with Gasteiger partial charge in [-0.25, -0.2) is 0 Å². The van der Waals surface area contributed by atoms with Crippen LogP contribution in [0.3, 0.4) is 0 Å². The first-order valence-electron chi connectivity index (χ1n) is 4.54. The first kappa shape index (κ1) is 11.3. The SMILES string of the molecule is CCn1c(=O)sc2cc(S(=O)(=O)O)ccc21. The highest BCUT2D eigenvalue weighted by atomic mass is 32.2. The van der Waals surface area contributed by atoms with Crippen molar-refractivity contribution in [3.05, 3.63) is 27.9 Å². The molecular formula is C9H9NO4S2. The van der Waals surface area contributed by atoms with Gasteiger partial charge in [0.25, 0.3) is 10.1 Å². The molecule has 0 saturated heterocycles. The third-order valence-corrected chi connectivity index (χ3v) is 4.05. The Labute approximate surface area is 95.7 Å². The quantitative estimate of drug-likeness (QED) is 0.825. The monoisotopic (exact) mass is 259 g/mol. The zero-order valence-electron chi connectivity index (χ0n) is 8.37. The van der Waals surface area contributed by atoms with E-state index >= 15 is 0 Å². The molecule has 1 aromatic carbocycles. The van der Waals surface area contributed by atoms with Gasteiger partial charge in [0, 0.05) is 6.54 Å². The van der Waals surface area contributed by atoms with Crippen molar-refractivity contribution in [2.45, 2.75) is 18.4 Å². The Hall–Kier alpha value is -1.18. The summed E-state index contributed by atoms with van der Waals surface area (Å²) in [6.07, 6.45) is 0. The van der Waals surface area contributed by atoms with E-state index in [1.54, 1.807) is 4.57 Å². The standard InChI is InChI=1S/C9H9NO4S2/c1-2-10-7-4-3-6(16(12,13)14)5-8(7)15-9(10)11/h3-5H,2H2,1H3,(H,12,13,14).